The summed E-state index contributed by atoms with van der Waals surface area (Å²) in [5, 5.41) is 9.52. The van der Waals surface area contributed by atoms with Crippen molar-refractivity contribution in [1.82, 2.24) is 4.72 Å². The molecule has 1 heterocycles. The summed E-state index contributed by atoms with van der Waals surface area (Å²) < 4.78 is 49.4. The van der Waals surface area contributed by atoms with Crippen LogP contribution in [0, 0.1) is 11.2 Å². The first-order chi connectivity index (χ1) is 16.7. The third-order valence-electron chi connectivity index (χ3n) is 6.49. The number of aliphatic carboxylic acids is 1. The van der Waals surface area contributed by atoms with E-state index in [1.165, 1.54) is 30.0 Å². The Kier molecular flexibility index (Phi) is 7.63. The van der Waals surface area contributed by atoms with Crippen molar-refractivity contribution >= 4 is 39.1 Å². The summed E-state index contributed by atoms with van der Waals surface area (Å²) >= 11 is 1.50. The number of sulfonamides is 1. The van der Waals surface area contributed by atoms with Crippen LogP contribution in [0.15, 0.2) is 46.2 Å². The van der Waals surface area contributed by atoms with E-state index in [2.05, 4.69) is 11.6 Å². The highest BCUT2D eigenvalue weighted by Gasteiger charge is 2.51. The van der Waals surface area contributed by atoms with Crippen molar-refractivity contribution < 1.29 is 27.4 Å². The van der Waals surface area contributed by atoms with E-state index in [4.69, 9.17) is 4.74 Å². The molecule has 0 saturated heterocycles. The Balaban J connectivity index is 1.80. The molecule has 1 aliphatic heterocycles. The lowest BCUT2D eigenvalue weighted by Gasteiger charge is -2.28. The zero-order chi connectivity index (χ0) is 25.2. The minimum Gasteiger partial charge on any atom is -0.491 e. The van der Waals surface area contributed by atoms with Crippen molar-refractivity contribution in [1.29, 1.82) is 0 Å². The Labute approximate surface area is 210 Å². The van der Waals surface area contributed by atoms with E-state index < -0.39 is 21.4 Å². The number of rotatable bonds is 10. The highest BCUT2D eigenvalue weighted by atomic mass is 32.2. The predicted molar refractivity (Wildman–Crippen MR) is 135 cm³/mol. The van der Waals surface area contributed by atoms with Crippen LogP contribution in [0.5, 0.6) is 5.75 Å². The van der Waals surface area contributed by atoms with Crippen LogP contribution in [0.1, 0.15) is 46.0 Å². The fraction of sp³-hybridized carbons (Fsp3) is 0.480. The monoisotopic (exact) mass is 522 g/mol. The number of hydrogen-bond donors (Lipinski definition) is 2. The summed E-state index contributed by atoms with van der Waals surface area (Å²) in [5.74, 6) is -0.178. The van der Waals surface area contributed by atoms with E-state index in [-0.39, 0.29) is 23.4 Å². The van der Waals surface area contributed by atoms with Gasteiger partial charge in [0.1, 0.15) is 28.5 Å². The molecule has 2 N–H and O–H groups in total. The van der Waals surface area contributed by atoms with E-state index in [1.807, 2.05) is 11.8 Å². The maximum atomic E-state index is 13.7. The first kappa shape index (κ1) is 25.8. The number of thioether (sulfide) groups is 1. The zero-order valence-electron chi connectivity index (χ0n) is 19.9. The number of anilines is 2. The van der Waals surface area contributed by atoms with Gasteiger partial charge in [-0.1, -0.05) is 26.7 Å². The highest BCUT2D eigenvalue weighted by molar-refractivity contribution is 7.99. The first-order valence-corrected chi connectivity index (χ1v) is 14.4. The molecule has 0 amide bonds. The number of hydrogen-bond acceptors (Lipinski definition) is 6. The molecule has 0 radical (unpaired) electrons. The number of nitrogens with zero attached hydrogens (tertiary/aromatic N) is 1. The Bertz CT molecular complexity index is 1180. The second-order valence-electron chi connectivity index (χ2n) is 9.12. The molecule has 2 aliphatic rings. The summed E-state index contributed by atoms with van der Waals surface area (Å²) in [4.78, 5) is 14.3. The van der Waals surface area contributed by atoms with Gasteiger partial charge in [-0.3, -0.25) is 4.79 Å². The average molecular weight is 523 g/mol. The minimum absolute atomic E-state index is 0.00727. The fourth-order valence-electron chi connectivity index (χ4n) is 4.23. The third kappa shape index (κ3) is 5.59. The summed E-state index contributed by atoms with van der Waals surface area (Å²) in [5.41, 5.74) is 0.284. The number of carboxylic acid groups (broad SMARTS) is 1. The standard InChI is InChI=1S/C25H31FN2O5S2/c1-3-5-6-18-15-28(19-9-7-17(26)8-10-19)20-13-22(34-4-2)21(14-23(20)35(31,32)27-18)33-16-25(11-12-25)24(29)30/h7-10,13-14,18,27H,3-6,11-12,15-16H2,1-2H3,(H,29,30)/t18-/m0/s1. The minimum atomic E-state index is -3.89. The Hall–Kier alpha value is -2.30. The molecule has 1 fully saturated rings. The third-order valence-corrected chi connectivity index (χ3v) is 8.95. The number of halogens is 1. The largest absolute Gasteiger partial charge is 0.491 e. The fourth-order valence-corrected chi connectivity index (χ4v) is 6.46. The number of carboxylic acids is 1. The van der Waals surface area contributed by atoms with E-state index in [0.29, 0.717) is 42.9 Å². The van der Waals surface area contributed by atoms with Gasteiger partial charge in [0.05, 0.1) is 10.6 Å². The van der Waals surface area contributed by atoms with E-state index in [1.54, 1.807) is 18.2 Å². The molecule has 190 valence electrons. The second kappa shape index (κ2) is 10.4. The lowest BCUT2D eigenvalue weighted by Crippen LogP contribution is -2.39. The summed E-state index contributed by atoms with van der Waals surface area (Å²) in [6.07, 6.45) is 3.55. The molecule has 10 heteroatoms. The van der Waals surface area contributed by atoms with Gasteiger partial charge in [0.15, 0.2) is 0 Å². The Morgan fingerprint density at radius 1 is 1.26 bits per heavy atom. The molecule has 2 aromatic carbocycles. The van der Waals surface area contributed by atoms with Crippen LogP contribution in [-0.4, -0.2) is 44.4 Å². The van der Waals surface area contributed by atoms with Gasteiger partial charge in [0, 0.05) is 24.3 Å². The molecule has 0 spiro atoms. The topological polar surface area (TPSA) is 95.9 Å². The van der Waals surface area contributed by atoms with Gasteiger partial charge in [-0.05, 0) is 55.3 Å². The predicted octanol–water partition coefficient (Wildman–Crippen LogP) is 5.17. The number of fused-ring (bicyclic) bond motifs is 1. The van der Waals surface area contributed by atoms with Gasteiger partial charge < -0.3 is 14.7 Å². The van der Waals surface area contributed by atoms with Crippen molar-refractivity contribution in [2.75, 3.05) is 23.8 Å². The maximum Gasteiger partial charge on any atom is 0.313 e. The van der Waals surface area contributed by atoms with Gasteiger partial charge in [0.2, 0.25) is 10.0 Å². The van der Waals surface area contributed by atoms with Gasteiger partial charge in [-0.25, -0.2) is 17.5 Å². The summed E-state index contributed by atoms with van der Waals surface area (Å²) in [7, 11) is -3.89. The molecule has 2 aromatic rings. The van der Waals surface area contributed by atoms with Crippen molar-refractivity contribution in [2.24, 2.45) is 5.41 Å². The van der Waals surface area contributed by atoms with Crippen LogP contribution in [0.2, 0.25) is 0 Å². The second-order valence-corrected chi connectivity index (χ2v) is 12.1. The molecule has 1 aliphatic carbocycles. The number of nitrogens with one attached hydrogen (secondary N) is 1. The van der Waals surface area contributed by atoms with Gasteiger partial charge in [-0.2, -0.15) is 0 Å². The maximum absolute atomic E-state index is 13.7. The van der Waals surface area contributed by atoms with Crippen LogP contribution in [0.25, 0.3) is 0 Å². The Morgan fingerprint density at radius 3 is 2.57 bits per heavy atom. The summed E-state index contributed by atoms with van der Waals surface area (Å²) in [6, 6.07) is 9.00. The van der Waals surface area contributed by atoms with E-state index in [9.17, 15) is 22.7 Å². The van der Waals surface area contributed by atoms with Crippen molar-refractivity contribution in [3.8, 4) is 5.75 Å². The van der Waals surface area contributed by atoms with Gasteiger partial charge >= 0.3 is 5.97 Å². The first-order valence-electron chi connectivity index (χ1n) is 11.9. The van der Waals surface area contributed by atoms with Crippen molar-refractivity contribution in [2.45, 2.75) is 61.8 Å². The zero-order valence-corrected chi connectivity index (χ0v) is 21.6. The summed E-state index contributed by atoms with van der Waals surface area (Å²) in [6.45, 7) is 4.43. The number of ether oxygens (including phenoxy) is 1. The molecule has 7 nitrogen and oxygen atoms in total. The molecule has 35 heavy (non-hydrogen) atoms. The SMILES string of the molecule is CCCC[C@H]1CN(c2ccc(F)cc2)c2cc(SCC)c(OCC3(C(=O)O)CC3)cc2S(=O)(=O)N1. The van der Waals surface area contributed by atoms with E-state index >= 15 is 0 Å². The number of carbonyl (C=O) groups is 1. The highest BCUT2D eigenvalue weighted by Crippen LogP contribution is 2.48. The molecular weight excluding hydrogens is 491 g/mol. The molecular formula is C25H31FN2O5S2. The van der Waals surface area contributed by atoms with Crippen LogP contribution in [-0.2, 0) is 14.8 Å². The molecule has 0 aromatic heterocycles. The number of benzene rings is 2. The van der Waals surface area contributed by atoms with Gasteiger partial charge in [0.25, 0.3) is 0 Å². The quantitative estimate of drug-likeness (QED) is 0.416. The Morgan fingerprint density at radius 2 is 1.97 bits per heavy atom. The lowest BCUT2D eigenvalue weighted by atomic mass is 10.1. The normalized spacial score (nSPS) is 20.1. The van der Waals surface area contributed by atoms with Crippen LogP contribution >= 0.6 is 11.8 Å². The van der Waals surface area contributed by atoms with E-state index in [0.717, 1.165) is 23.5 Å². The van der Waals surface area contributed by atoms with Crippen LogP contribution in [0.4, 0.5) is 15.8 Å². The van der Waals surface area contributed by atoms with Crippen molar-refractivity contribution in [3.63, 3.8) is 0 Å². The molecule has 1 atom stereocenters. The van der Waals surface area contributed by atoms with Crippen molar-refractivity contribution in [3.05, 3.63) is 42.2 Å². The van der Waals surface area contributed by atoms with Crippen LogP contribution < -0.4 is 14.4 Å². The molecule has 0 unspecified atom stereocenters. The molecule has 0 bridgehead atoms. The smallest absolute Gasteiger partial charge is 0.313 e. The lowest BCUT2D eigenvalue weighted by molar-refractivity contribution is -0.144. The molecule has 4 rings (SSSR count). The molecule has 1 saturated carbocycles. The van der Waals surface area contributed by atoms with Crippen LogP contribution in [0.3, 0.4) is 0 Å². The van der Waals surface area contributed by atoms with Gasteiger partial charge in [-0.15, -0.1) is 11.8 Å². The number of unbranched alkanes of at least 4 members (excludes halogenated alkanes) is 1. The average Bonchev–Trinajstić information content (AvgIpc) is 3.62.